The Hall–Kier alpha value is -0.570. The quantitative estimate of drug-likeness (QED) is 0.782. The Kier molecular flexibility index (Phi) is 4.65. The van der Waals surface area contributed by atoms with Crippen LogP contribution in [0.4, 0.5) is 0 Å². The molecule has 1 unspecified atom stereocenters. The van der Waals surface area contributed by atoms with Crippen molar-refractivity contribution in [2.45, 2.75) is 44.2 Å². The number of nitrogens with one attached hydrogen (secondary N) is 1. The summed E-state index contributed by atoms with van der Waals surface area (Å²) in [4.78, 5) is 2.72. The lowest BCUT2D eigenvalue weighted by molar-refractivity contribution is 0.239. The van der Waals surface area contributed by atoms with Crippen LogP contribution < -0.4 is 5.32 Å². The molecule has 0 aromatic heterocycles. The van der Waals surface area contributed by atoms with Crippen LogP contribution in [0, 0.1) is 5.92 Å². The van der Waals surface area contributed by atoms with Crippen LogP contribution >= 0.6 is 11.6 Å². The fourth-order valence-electron chi connectivity index (χ4n) is 3.00. The minimum atomic E-state index is 0.365. The Morgan fingerprint density at radius 2 is 2.00 bits per heavy atom. The summed E-state index contributed by atoms with van der Waals surface area (Å²) in [6.07, 6.45) is 6.85. The highest BCUT2D eigenvalue weighted by atomic mass is 35.5. The molecule has 0 bridgehead atoms. The maximum absolute atomic E-state index is 6.33. The molecule has 0 heterocycles. The summed E-state index contributed by atoms with van der Waals surface area (Å²) >= 11 is 6.33. The van der Waals surface area contributed by atoms with Crippen molar-refractivity contribution >= 4 is 11.6 Å². The molecule has 3 rings (SSSR count). The zero-order chi connectivity index (χ0) is 13.9. The van der Waals surface area contributed by atoms with Crippen molar-refractivity contribution in [3.8, 4) is 0 Å². The van der Waals surface area contributed by atoms with Crippen LogP contribution in [0.2, 0.25) is 5.02 Å². The summed E-state index contributed by atoms with van der Waals surface area (Å²) in [6.45, 7) is 2.52. The van der Waals surface area contributed by atoms with E-state index in [2.05, 4.69) is 22.3 Å². The molecule has 1 aromatic rings. The molecule has 1 aromatic carbocycles. The molecule has 0 spiro atoms. The minimum absolute atomic E-state index is 0.365. The predicted molar refractivity (Wildman–Crippen MR) is 85.2 cm³/mol. The Morgan fingerprint density at radius 3 is 2.60 bits per heavy atom. The van der Waals surface area contributed by atoms with E-state index in [0.29, 0.717) is 6.04 Å². The summed E-state index contributed by atoms with van der Waals surface area (Å²) < 4.78 is 0. The highest BCUT2D eigenvalue weighted by molar-refractivity contribution is 6.31. The fourth-order valence-corrected chi connectivity index (χ4v) is 3.27. The monoisotopic (exact) mass is 292 g/mol. The Bertz CT molecular complexity index is 440. The van der Waals surface area contributed by atoms with Gasteiger partial charge in [-0.05, 0) is 56.7 Å². The predicted octanol–water partition coefficient (Wildman–Crippen LogP) is 3.87. The average molecular weight is 293 g/mol. The molecule has 2 nitrogen and oxygen atoms in total. The van der Waals surface area contributed by atoms with Crippen LogP contribution in [0.1, 0.15) is 43.7 Å². The van der Waals surface area contributed by atoms with E-state index in [-0.39, 0.29) is 0 Å². The average Bonchev–Trinajstić information content (AvgIpc) is 3.33. The Labute approximate surface area is 127 Å². The first-order valence-corrected chi connectivity index (χ1v) is 8.31. The van der Waals surface area contributed by atoms with Crippen molar-refractivity contribution < 1.29 is 0 Å². The van der Waals surface area contributed by atoms with Gasteiger partial charge < -0.3 is 10.2 Å². The van der Waals surface area contributed by atoms with Crippen molar-refractivity contribution in [2.24, 2.45) is 5.92 Å². The number of benzene rings is 1. The fraction of sp³-hybridized carbons (Fsp3) is 0.647. The Balaban J connectivity index is 1.58. The number of halogens is 1. The maximum atomic E-state index is 6.33. The molecule has 2 saturated carbocycles. The topological polar surface area (TPSA) is 15.3 Å². The highest BCUT2D eigenvalue weighted by Gasteiger charge is 2.33. The molecule has 1 N–H and O–H groups in total. The van der Waals surface area contributed by atoms with Gasteiger partial charge in [0.2, 0.25) is 0 Å². The lowest BCUT2D eigenvalue weighted by Crippen LogP contribution is -2.32. The van der Waals surface area contributed by atoms with E-state index >= 15 is 0 Å². The van der Waals surface area contributed by atoms with Gasteiger partial charge in [-0.2, -0.15) is 0 Å². The lowest BCUT2D eigenvalue weighted by Gasteiger charge is -2.25. The summed E-state index contributed by atoms with van der Waals surface area (Å²) in [5, 5.41) is 4.31. The van der Waals surface area contributed by atoms with Crippen LogP contribution in [0.25, 0.3) is 0 Å². The van der Waals surface area contributed by atoms with Crippen LogP contribution in [0.3, 0.4) is 0 Å². The molecule has 2 fully saturated rings. The molecule has 2 aliphatic carbocycles. The molecule has 20 heavy (non-hydrogen) atoms. The van der Waals surface area contributed by atoms with Crippen LogP contribution in [-0.2, 0) is 0 Å². The second-order valence-electron chi connectivity index (χ2n) is 6.32. The van der Waals surface area contributed by atoms with E-state index in [0.717, 1.165) is 23.4 Å². The zero-order valence-electron chi connectivity index (χ0n) is 12.3. The van der Waals surface area contributed by atoms with Crippen molar-refractivity contribution in [3.05, 3.63) is 34.9 Å². The van der Waals surface area contributed by atoms with Crippen LogP contribution in [0.5, 0.6) is 0 Å². The molecule has 0 amide bonds. The van der Waals surface area contributed by atoms with Gasteiger partial charge in [-0.1, -0.05) is 29.8 Å². The normalized spacial score (nSPS) is 20.4. The summed E-state index contributed by atoms with van der Waals surface area (Å²) in [5.41, 5.74) is 1.24. The number of hydrogen-bond donors (Lipinski definition) is 1. The number of nitrogens with zero attached hydrogens (tertiary/aromatic N) is 1. The second kappa shape index (κ2) is 6.46. The molecule has 0 saturated heterocycles. The van der Waals surface area contributed by atoms with Crippen LogP contribution in [0.15, 0.2) is 24.3 Å². The number of hydrogen-bond acceptors (Lipinski definition) is 2. The van der Waals surface area contributed by atoms with E-state index in [9.17, 15) is 0 Å². The first-order chi connectivity index (χ1) is 9.78. The van der Waals surface area contributed by atoms with Gasteiger partial charge in [0.15, 0.2) is 0 Å². The Morgan fingerprint density at radius 1 is 1.25 bits per heavy atom. The third-order valence-electron chi connectivity index (χ3n) is 4.59. The molecule has 2 aliphatic rings. The SMILES string of the molecule is CNC(CCN(CC1CC1)C1CC1)c1ccccc1Cl. The molecule has 1 atom stereocenters. The van der Waals surface area contributed by atoms with E-state index in [1.165, 1.54) is 44.3 Å². The second-order valence-corrected chi connectivity index (χ2v) is 6.73. The maximum Gasteiger partial charge on any atom is 0.0453 e. The zero-order valence-corrected chi connectivity index (χ0v) is 13.1. The molecule has 110 valence electrons. The summed E-state index contributed by atoms with van der Waals surface area (Å²) in [7, 11) is 2.04. The summed E-state index contributed by atoms with van der Waals surface area (Å²) in [5.74, 6) is 0.990. The van der Waals surface area contributed by atoms with Crippen molar-refractivity contribution in [1.82, 2.24) is 10.2 Å². The molecular formula is C17H25ClN2. The van der Waals surface area contributed by atoms with Gasteiger partial charge in [0.05, 0.1) is 0 Å². The van der Waals surface area contributed by atoms with Crippen LogP contribution in [-0.4, -0.2) is 31.1 Å². The molecule has 0 aliphatic heterocycles. The number of rotatable bonds is 8. The van der Waals surface area contributed by atoms with E-state index in [4.69, 9.17) is 11.6 Å². The molecular weight excluding hydrogens is 268 g/mol. The van der Waals surface area contributed by atoms with Gasteiger partial charge in [-0.3, -0.25) is 0 Å². The van der Waals surface area contributed by atoms with E-state index < -0.39 is 0 Å². The van der Waals surface area contributed by atoms with Gasteiger partial charge in [-0.25, -0.2) is 0 Å². The molecule has 0 radical (unpaired) electrons. The lowest BCUT2D eigenvalue weighted by atomic mass is 10.0. The van der Waals surface area contributed by atoms with Gasteiger partial charge >= 0.3 is 0 Å². The van der Waals surface area contributed by atoms with E-state index in [1.54, 1.807) is 0 Å². The third-order valence-corrected chi connectivity index (χ3v) is 4.93. The summed E-state index contributed by atoms with van der Waals surface area (Å²) in [6, 6.07) is 9.45. The minimum Gasteiger partial charge on any atom is -0.313 e. The standard InChI is InChI=1S/C17H25ClN2/c1-19-17(15-4-2-3-5-16(15)18)10-11-20(14-8-9-14)12-13-6-7-13/h2-5,13-14,17,19H,6-12H2,1H3. The first-order valence-electron chi connectivity index (χ1n) is 7.93. The smallest absolute Gasteiger partial charge is 0.0453 e. The molecule has 3 heteroatoms. The largest absolute Gasteiger partial charge is 0.313 e. The highest BCUT2D eigenvalue weighted by Crippen LogP contribution is 2.35. The van der Waals surface area contributed by atoms with Gasteiger partial charge in [-0.15, -0.1) is 0 Å². The van der Waals surface area contributed by atoms with Crippen molar-refractivity contribution in [2.75, 3.05) is 20.1 Å². The van der Waals surface area contributed by atoms with Gasteiger partial charge in [0, 0.05) is 30.2 Å². The first kappa shape index (κ1) is 14.4. The van der Waals surface area contributed by atoms with Gasteiger partial charge in [0.1, 0.15) is 0 Å². The van der Waals surface area contributed by atoms with Gasteiger partial charge in [0.25, 0.3) is 0 Å². The van der Waals surface area contributed by atoms with Crippen molar-refractivity contribution in [3.63, 3.8) is 0 Å². The third kappa shape index (κ3) is 3.75. The van der Waals surface area contributed by atoms with Crippen molar-refractivity contribution in [1.29, 1.82) is 0 Å². The van der Waals surface area contributed by atoms with E-state index in [1.807, 2.05) is 19.2 Å².